The summed E-state index contributed by atoms with van der Waals surface area (Å²) >= 11 is 12.2. The molecule has 7 nitrogen and oxygen atoms in total. The highest BCUT2D eigenvalue weighted by molar-refractivity contribution is 7.92. The van der Waals surface area contributed by atoms with Crippen molar-refractivity contribution in [3.8, 4) is 0 Å². The molecule has 0 radical (unpaired) electrons. The first-order valence-corrected chi connectivity index (χ1v) is 15.2. The van der Waals surface area contributed by atoms with E-state index in [0.29, 0.717) is 22.2 Å². The van der Waals surface area contributed by atoms with Crippen molar-refractivity contribution in [2.24, 2.45) is 0 Å². The lowest BCUT2D eigenvalue weighted by Gasteiger charge is -2.31. The van der Waals surface area contributed by atoms with Crippen LogP contribution in [0.5, 0.6) is 0 Å². The van der Waals surface area contributed by atoms with Gasteiger partial charge in [0.05, 0.1) is 22.0 Å². The van der Waals surface area contributed by atoms with Gasteiger partial charge in [-0.05, 0) is 56.0 Å². The van der Waals surface area contributed by atoms with Gasteiger partial charge in [0.25, 0.3) is 0 Å². The molecule has 202 valence electrons. The Hall–Kier alpha value is -2.29. The van der Waals surface area contributed by atoms with E-state index in [2.05, 4.69) is 5.32 Å². The summed E-state index contributed by atoms with van der Waals surface area (Å²) < 4.78 is 26.1. The lowest BCUT2D eigenvalue weighted by Crippen LogP contribution is -2.50. The van der Waals surface area contributed by atoms with E-state index in [0.717, 1.165) is 37.5 Å². The lowest BCUT2D eigenvalue weighted by molar-refractivity contribution is -0.141. The molecule has 0 heterocycles. The van der Waals surface area contributed by atoms with Crippen molar-refractivity contribution in [2.75, 3.05) is 17.1 Å². The van der Waals surface area contributed by atoms with Crippen molar-refractivity contribution < 1.29 is 18.0 Å². The average Bonchev–Trinajstić information content (AvgIpc) is 2.87. The van der Waals surface area contributed by atoms with Gasteiger partial charge in [0.15, 0.2) is 0 Å². The smallest absolute Gasteiger partial charge is 0.242 e. The van der Waals surface area contributed by atoms with E-state index in [1.807, 2.05) is 6.07 Å². The first kappa shape index (κ1) is 29.3. The molecule has 0 aromatic heterocycles. The maximum Gasteiger partial charge on any atom is 0.242 e. The van der Waals surface area contributed by atoms with Crippen LogP contribution in [0.15, 0.2) is 48.5 Å². The van der Waals surface area contributed by atoms with Gasteiger partial charge >= 0.3 is 0 Å². The van der Waals surface area contributed by atoms with Crippen LogP contribution in [0.25, 0.3) is 0 Å². The highest BCUT2D eigenvalue weighted by atomic mass is 35.5. The molecule has 10 heteroatoms. The van der Waals surface area contributed by atoms with E-state index in [1.54, 1.807) is 49.4 Å². The number of hydrogen-bond donors (Lipinski definition) is 1. The van der Waals surface area contributed by atoms with Crippen LogP contribution < -0.4 is 9.62 Å². The minimum atomic E-state index is -3.52. The quantitative estimate of drug-likeness (QED) is 0.393. The van der Waals surface area contributed by atoms with Crippen LogP contribution in [0.2, 0.25) is 10.0 Å². The molecule has 1 fully saturated rings. The summed E-state index contributed by atoms with van der Waals surface area (Å²) in [7, 11) is -3.52. The largest absolute Gasteiger partial charge is 0.352 e. The summed E-state index contributed by atoms with van der Waals surface area (Å²) in [4.78, 5) is 28.1. The Morgan fingerprint density at radius 2 is 1.70 bits per heavy atom. The summed E-state index contributed by atoms with van der Waals surface area (Å²) in [5, 5.41) is 3.89. The van der Waals surface area contributed by atoms with Crippen molar-refractivity contribution in [3.05, 3.63) is 64.1 Å². The van der Waals surface area contributed by atoms with Gasteiger partial charge in [-0.15, -0.1) is 0 Å². The van der Waals surface area contributed by atoms with Gasteiger partial charge in [0, 0.05) is 25.6 Å². The first-order chi connectivity index (χ1) is 17.6. The van der Waals surface area contributed by atoms with Crippen LogP contribution in [0.1, 0.15) is 57.4 Å². The molecule has 37 heavy (non-hydrogen) atoms. The Bertz CT molecular complexity index is 1170. The second-order valence-corrected chi connectivity index (χ2v) is 12.3. The molecule has 2 amide bonds. The molecule has 1 aliphatic carbocycles. The third-order valence-corrected chi connectivity index (χ3v) is 8.59. The number of sulfonamides is 1. The number of carbonyl (C=O) groups excluding carboxylic acids is 2. The second-order valence-electron chi connectivity index (χ2n) is 9.56. The fourth-order valence-electron chi connectivity index (χ4n) is 4.58. The maximum atomic E-state index is 13.4. The van der Waals surface area contributed by atoms with Crippen molar-refractivity contribution in [3.63, 3.8) is 0 Å². The number of halogens is 2. The zero-order valence-electron chi connectivity index (χ0n) is 21.3. The number of para-hydroxylation sites is 1. The Labute approximate surface area is 230 Å². The minimum Gasteiger partial charge on any atom is -0.352 e. The fourth-order valence-corrected chi connectivity index (χ4v) is 5.87. The molecule has 2 aromatic carbocycles. The van der Waals surface area contributed by atoms with Gasteiger partial charge in [0.1, 0.15) is 6.04 Å². The zero-order valence-corrected chi connectivity index (χ0v) is 23.7. The number of carbonyl (C=O) groups is 2. The monoisotopic (exact) mass is 567 g/mol. The standard InChI is InChI=1S/C27H35Cl2N3O4S/c1-20(27(34)30-22-10-5-3-6-11-22)31(19-21-15-16-24(28)25(29)18-21)26(33)14-9-17-32(37(2,35)36)23-12-7-4-8-13-23/h4,7-8,12-13,15-16,18,20,22H,3,5-6,9-11,14,17,19H2,1-2H3,(H,30,34)/t20-/m1/s1. The van der Waals surface area contributed by atoms with Gasteiger partial charge in [0.2, 0.25) is 21.8 Å². The molecule has 1 atom stereocenters. The number of amides is 2. The topological polar surface area (TPSA) is 86.8 Å². The SMILES string of the molecule is C[C@H](C(=O)NC1CCCCC1)N(Cc1ccc(Cl)c(Cl)c1)C(=O)CCCN(c1ccccc1)S(C)(=O)=O. The highest BCUT2D eigenvalue weighted by Crippen LogP contribution is 2.25. The molecular formula is C27H35Cl2N3O4S. The van der Waals surface area contributed by atoms with Crippen LogP contribution in [-0.4, -0.2) is 50.0 Å². The van der Waals surface area contributed by atoms with E-state index < -0.39 is 16.1 Å². The van der Waals surface area contributed by atoms with Crippen molar-refractivity contribution in [1.29, 1.82) is 0 Å². The van der Waals surface area contributed by atoms with Crippen molar-refractivity contribution >= 4 is 50.7 Å². The van der Waals surface area contributed by atoms with E-state index in [9.17, 15) is 18.0 Å². The van der Waals surface area contributed by atoms with Gasteiger partial charge in [-0.25, -0.2) is 8.42 Å². The molecule has 0 bridgehead atoms. The van der Waals surface area contributed by atoms with Crippen LogP contribution >= 0.6 is 23.2 Å². The summed E-state index contributed by atoms with van der Waals surface area (Å²) in [6.07, 6.45) is 6.78. The third-order valence-electron chi connectivity index (χ3n) is 6.65. The van der Waals surface area contributed by atoms with E-state index in [-0.39, 0.29) is 37.4 Å². The summed E-state index contributed by atoms with van der Waals surface area (Å²) in [6, 6.07) is 13.3. The first-order valence-electron chi connectivity index (χ1n) is 12.6. The van der Waals surface area contributed by atoms with E-state index in [4.69, 9.17) is 23.2 Å². The number of anilines is 1. The van der Waals surface area contributed by atoms with Gasteiger partial charge in [-0.3, -0.25) is 13.9 Å². The highest BCUT2D eigenvalue weighted by Gasteiger charge is 2.28. The van der Waals surface area contributed by atoms with Gasteiger partial charge in [-0.1, -0.05) is 66.7 Å². The predicted molar refractivity (Wildman–Crippen MR) is 149 cm³/mol. The summed E-state index contributed by atoms with van der Waals surface area (Å²) in [5.41, 5.74) is 1.30. The van der Waals surface area contributed by atoms with Crippen LogP contribution in [-0.2, 0) is 26.2 Å². The molecule has 0 aliphatic heterocycles. The predicted octanol–water partition coefficient (Wildman–Crippen LogP) is 5.41. The number of rotatable bonds is 11. The fraction of sp³-hybridized carbons (Fsp3) is 0.481. The molecular weight excluding hydrogens is 533 g/mol. The average molecular weight is 569 g/mol. The Kier molecular flexibility index (Phi) is 10.7. The number of nitrogens with one attached hydrogen (secondary N) is 1. The molecule has 2 aromatic rings. The third kappa shape index (κ3) is 8.62. The maximum absolute atomic E-state index is 13.4. The van der Waals surface area contributed by atoms with Gasteiger partial charge in [-0.2, -0.15) is 0 Å². The van der Waals surface area contributed by atoms with Crippen LogP contribution in [0.4, 0.5) is 5.69 Å². The molecule has 1 saturated carbocycles. The zero-order chi connectivity index (χ0) is 27.0. The molecule has 0 unspecified atom stereocenters. The summed E-state index contributed by atoms with van der Waals surface area (Å²) in [5.74, 6) is -0.429. The Balaban J connectivity index is 1.72. The number of nitrogens with zero attached hydrogens (tertiary/aromatic N) is 2. The van der Waals surface area contributed by atoms with Crippen LogP contribution in [0.3, 0.4) is 0 Å². The van der Waals surface area contributed by atoms with Crippen molar-refractivity contribution in [2.45, 2.75) is 70.5 Å². The normalized spacial score (nSPS) is 15.1. The van der Waals surface area contributed by atoms with E-state index in [1.165, 1.54) is 15.6 Å². The molecule has 0 saturated heterocycles. The molecule has 0 spiro atoms. The minimum absolute atomic E-state index is 0.0845. The number of benzene rings is 2. The number of hydrogen-bond acceptors (Lipinski definition) is 4. The van der Waals surface area contributed by atoms with Crippen molar-refractivity contribution in [1.82, 2.24) is 10.2 Å². The summed E-state index contributed by atoms with van der Waals surface area (Å²) in [6.45, 7) is 2.06. The lowest BCUT2D eigenvalue weighted by atomic mass is 9.95. The van der Waals surface area contributed by atoms with E-state index >= 15 is 0 Å². The van der Waals surface area contributed by atoms with Crippen LogP contribution in [0, 0.1) is 0 Å². The molecule has 3 rings (SSSR count). The Morgan fingerprint density at radius 1 is 1.03 bits per heavy atom. The van der Waals surface area contributed by atoms with Gasteiger partial charge < -0.3 is 10.2 Å². The second kappa shape index (κ2) is 13.5. The molecule has 1 aliphatic rings. The Morgan fingerprint density at radius 3 is 2.32 bits per heavy atom. The molecule has 1 N–H and O–H groups in total.